The van der Waals surface area contributed by atoms with Crippen molar-refractivity contribution in [2.75, 3.05) is 14.2 Å². The van der Waals surface area contributed by atoms with Gasteiger partial charge in [-0.05, 0) is 27.7 Å². The normalized spacial score (nSPS) is 20.7. The van der Waals surface area contributed by atoms with Gasteiger partial charge < -0.3 is 18.9 Å². The van der Waals surface area contributed by atoms with Gasteiger partial charge in [0.15, 0.2) is 12.6 Å². The van der Waals surface area contributed by atoms with Crippen LogP contribution >= 0.6 is 0 Å². The fourth-order valence-electron chi connectivity index (χ4n) is 2.00. The van der Waals surface area contributed by atoms with Crippen molar-refractivity contribution in [2.24, 2.45) is 10.8 Å². The van der Waals surface area contributed by atoms with Crippen molar-refractivity contribution >= 4 is 0 Å². The van der Waals surface area contributed by atoms with Crippen LogP contribution < -0.4 is 0 Å². The summed E-state index contributed by atoms with van der Waals surface area (Å²) in [6.07, 6.45) is -0.199. The number of rotatable bonds is 2. The van der Waals surface area contributed by atoms with Gasteiger partial charge in [0.1, 0.15) is 0 Å². The van der Waals surface area contributed by atoms with Crippen LogP contribution in [0.2, 0.25) is 0 Å². The largest absolute Gasteiger partial charge is 0.355 e. The Bertz CT molecular complexity index is 314. The second-order valence-electron chi connectivity index (χ2n) is 9.12. The number of ether oxygens (including phenoxy) is 4. The van der Waals surface area contributed by atoms with Crippen molar-refractivity contribution in [1.29, 1.82) is 0 Å². The first-order valence-electron chi connectivity index (χ1n) is 7.99. The molecule has 1 heterocycles. The maximum absolute atomic E-state index is 5.91. The van der Waals surface area contributed by atoms with Crippen LogP contribution in [0.25, 0.3) is 0 Å². The highest BCUT2D eigenvalue weighted by Gasteiger charge is 2.52. The van der Waals surface area contributed by atoms with Gasteiger partial charge in [-0.3, -0.25) is 0 Å². The molecular weight excluding hydrogens is 292 g/mol. The van der Waals surface area contributed by atoms with Crippen molar-refractivity contribution in [3.63, 3.8) is 0 Å². The van der Waals surface area contributed by atoms with Gasteiger partial charge in [0.25, 0.3) is 0 Å². The molecular formula is C19H42O4. The quantitative estimate of drug-likeness (QED) is 0.646. The summed E-state index contributed by atoms with van der Waals surface area (Å²) < 4.78 is 21.9. The van der Waals surface area contributed by atoms with Crippen LogP contribution in [0.5, 0.6) is 0 Å². The van der Waals surface area contributed by atoms with Crippen molar-refractivity contribution < 1.29 is 18.9 Å². The molecule has 0 aliphatic carbocycles. The average Bonchev–Trinajstić information content (AvgIpc) is 2.48. The van der Waals surface area contributed by atoms with Gasteiger partial charge in [0, 0.05) is 25.0 Å². The van der Waals surface area contributed by atoms with Crippen LogP contribution in [0.15, 0.2) is 0 Å². The summed E-state index contributed by atoms with van der Waals surface area (Å²) in [4.78, 5) is 0. The molecule has 1 fully saturated rings. The minimum absolute atomic E-state index is 0. The van der Waals surface area contributed by atoms with Crippen LogP contribution in [-0.4, -0.2) is 38.0 Å². The Morgan fingerprint density at radius 3 is 1.17 bits per heavy atom. The van der Waals surface area contributed by atoms with Gasteiger partial charge in [-0.2, -0.15) is 0 Å². The second kappa shape index (κ2) is 8.28. The van der Waals surface area contributed by atoms with Crippen LogP contribution in [-0.2, 0) is 18.9 Å². The Kier molecular flexibility index (Phi) is 9.03. The molecule has 0 spiro atoms. The SMILES string of the molecule is C.CC(C)(C)C1OC(C)(C)C(C)(C)O1.COC(OC)C(C)(C)C. The Morgan fingerprint density at radius 1 is 0.783 bits per heavy atom. The highest BCUT2D eigenvalue weighted by atomic mass is 16.7. The number of hydrogen-bond acceptors (Lipinski definition) is 4. The number of methoxy groups -OCH3 is 2. The van der Waals surface area contributed by atoms with E-state index in [0.29, 0.717) is 0 Å². The van der Waals surface area contributed by atoms with Crippen LogP contribution in [0.3, 0.4) is 0 Å². The van der Waals surface area contributed by atoms with E-state index in [-0.39, 0.29) is 42.0 Å². The van der Waals surface area contributed by atoms with Gasteiger partial charge in [-0.25, -0.2) is 0 Å². The second-order valence-corrected chi connectivity index (χ2v) is 9.12. The van der Waals surface area contributed by atoms with E-state index in [1.54, 1.807) is 14.2 Å². The Balaban J connectivity index is 0. The fourth-order valence-corrected chi connectivity index (χ4v) is 2.00. The number of hydrogen-bond donors (Lipinski definition) is 0. The summed E-state index contributed by atoms with van der Waals surface area (Å²) in [6.45, 7) is 21.0. The van der Waals surface area contributed by atoms with Gasteiger partial charge in [-0.15, -0.1) is 0 Å². The molecule has 4 heteroatoms. The molecule has 0 saturated carbocycles. The lowest BCUT2D eigenvalue weighted by Crippen LogP contribution is -2.41. The highest BCUT2D eigenvalue weighted by molar-refractivity contribution is 4.96. The molecule has 4 nitrogen and oxygen atoms in total. The first-order chi connectivity index (χ1) is 9.58. The van der Waals surface area contributed by atoms with Crippen LogP contribution in [0.4, 0.5) is 0 Å². The summed E-state index contributed by atoms with van der Waals surface area (Å²) in [5, 5.41) is 0. The Labute approximate surface area is 145 Å². The maximum atomic E-state index is 5.91. The van der Waals surface area contributed by atoms with Gasteiger partial charge in [0.05, 0.1) is 11.2 Å². The molecule has 142 valence electrons. The molecule has 0 N–H and O–H groups in total. The zero-order valence-electron chi connectivity index (χ0n) is 16.8. The zero-order valence-corrected chi connectivity index (χ0v) is 16.8. The Morgan fingerprint density at radius 2 is 1.09 bits per heavy atom. The monoisotopic (exact) mass is 334 g/mol. The average molecular weight is 335 g/mol. The van der Waals surface area contributed by atoms with Crippen molar-refractivity contribution in [2.45, 2.75) is 100 Å². The molecule has 1 aliphatic rings. The fraction of sp³-hybridized carbons (Fsp3) is 1.00. The Hall–Kier alpha value is -0.160. The molecule has 23 heavy (non-hydrogen) atoms. The molecule has 0 bridgehead atoms. The van der Waals surface area contributed by atoms with Gasteiger partial charge in [0.2, 0.25) is 0 Å². The van der Waals surface area contributed by atoms with E-state index < -0.39 is 0 Å². The molecule has 0 aromatic carbocycles. The van der Waals surface area contributed by atoms with E-state index in [1.165, 1.54) is 0 Å². The standard InChI is InChI=1S/C11H22O2.C7H16O2.CH4/c1-9(2,3)8-12-10(4,5)11(6,7)13-8;1-7(2,3)6(8-4)9-5;/h8H,1-7H3;6H,1-5H3;1H4. The zero-order chi connectivity index (χ0) is 18.0. The molecule has 0 aromatic heterocycles. The van der Waals surface area contributed by atoms with E-state index in [0.717, 1.165) is 0 Å². The molecule has 0 amide bonds. The van der Waals surface area contributed by atoms with Crippen LogP contribution in [0.1, 0.15) is 76.7 Å². The molecule has 1 aliphatic heterocycles. The predicted octanol–water partition coefficient (Wildman–Crippen LogP) is 5.25. The first-order valence-corrected chi connectivity index (χ1v) is 7.99. The van der Waals surface area contributed by atoms with E-state index in [9.17, 15) is 0 Å². The lowest BCUT2D eigenvalue weighted by molar-refractivity contribution is -0.161. The summed E-state index contributed by atoms with van der Waals surface area (Å²) >= 11 is 0. The highest BCUT2D eigenvalue weighted by Crippen LogP contribution is 2.43. The lowest BCUT2D eigenvalue weighted by atomic mass is 9.90. The topological polar surface area (TPSA) is 36.9 Å². The maximum Gasteiger partial charge on any atom is 0.164 e. The van der Waals surface area contributed by atoms with E-state index >= 15 is 0 Å². The van der Waals surface area contributed by atoms with Gasteiger partial charge >= 0.3 is 0 Å². The van der Waals surface area contributed by atoms with Crippen molar-refractivity contribution in [3.8, 4) is 0 Å². The molecule has 1 saturated heterocycles. The van der Waals surface area contributed by atoms with Crippen molar-refractivity contribution in [1.82, 2.24) is 0 Å². The van der Waals surface area contributed by atoms with Crippen LogP contribution in [0, 0.1) is 10.8 Å². The summed E-state index contributed by atoms with van der Waals surface area (Å²) in [6, 6.07) is 0. The predicted molar refractivity (Wildman–Crippen MR) is 97.6 cm³/mol. The third-order valence-electron chi connectivity index (χ3n) is 4.10. The lowest BCUT2D eigenvalue weighted by Gasteiger charge is -2.30. The third kappa shape index (κ3) is 7.08. The van der Waals surface area contributed by atoms with Crippen molar-refractivity contribution in [3.05, 3.63) is 0 Å². The molecule has 0 atom stereocenters. The van der Waals surface area contributed by atoms with E-state index in [1.807, 2.05) is 0 Å². The van der Waals surface area contributed by atoms with E-state index in [2.05, 4.69) is 69.2 Å². The summed E-state index contributed by atoms with van der Waals surface area (Å²) in [7, 11) is 3.30. The minimum Gasteiger partial charge on any atom is -0.355 e. The molecule has 0 aromatic rings. The first kappa shape index (κ1) is 25.1. The molecule has 0 radical (unpaired) electrons. The van der Waals surface area contributed by atoms with E-state index in [4.69, 9.17) is 18.9 Å². The summed E-state index contributed by atoms with van der Waals surface area (Å²) in [5.41, 5.74) is -0.287. The minimum atomic E-state index is -0.203. The van der Waals surface area contributed by atoms with Gasteiger partial charge in [-0.1, -0.05) is 49.0 Å². The summed E-state index contributed by atoms with van der Waals surface area (Å²) in [5.74, 6) is 0. The third-order valence-corrected chi connectivity index (χ3v) is 4.10. The molecule has 0 unspecified atom stereocenters. The molecule has 1 rings (SSSR count). The smallest absolute Gasteiger partial charge is 0.164 e.